The van der Waals surface area contributed by atoms with E-state index in [0.717, 1.165) is 16.3 Å². The van der Waals surface area contributed by atoms with Crippen LogP contribution in [0.25, 0.3) is 0 Å². The van der Waals surface area contributed by atoms with Gasteiger partial charge in [-0.25, -0.2) is 0 Å². The molecule has 0 aromatic heterocycles. The van der Waals surface area contributed by atoms with Crippen LogP contribution in [0.4, 0.5) is 11.4 Å². The number of ether oxygens (including phenoxy) is 1. The molecule has 0 bridgehead atoms. The summed E-state index contributed by atoms with van der Waals surface area (Å²) in [6, 6.07) is 13.0. The summed E-state index contributed by atoms with van der Waals surface area (Å²) >= 11 is 1.70. The average Bonchev–Trinajstić information content (AvgIpc) is 3.15. The second kappa shape index (κ2) is 10.9. The number of nitrogens with one attached hydrogen (secondary N) is 4. The zero-order valence-corrected chi connectivity index (χ0v) is 21.2. The van der Waals surface area contributed by atoms with Crippen LogP contribution < -0.4 is 16.0 Å². The number of amides is 1. The molecule has 2 aliphatic rings. The van der Waals surface area contributed by atoms with E-state index in [4.69, 9.17) is 10.1 Å². The van der Waals surface area contributed by atoms with Crippen LogP contribution in [0.2, 0.25) is 0 Å². The molecule has 9 heteroatoms. The monoisotopic (exact) mass is 568 g/mol. The van der Waals surface area contributed by atoms with Gasteiger partial charge in [0.1, 0.15) is 11.9 Å². The molecule has 1 amide bonds. The number of rotatable bonds is 6. The molecule has 1 unspecified atom stereocenters. The number of hydrogen-bond acceptors (Lipinski definition) is 6. The highest BCUT2D eigenvalue weighted by atomic mass is 127. The molecule has 2 heterocycles. The van der Waals surface area contributed by atoms with Gasteiger partial charge in [0.05, 0.1) is 24.0 Å². The van der Waals surface area contributed by atoms with E-state index in [1.807, 2.05) is 50.2 Å². The zero-order chi connectivity index (χ0) is 22.0. The van der Waals surface area contributed by atoms with Crippen molar-refractivity contribution in [3.05, 3.63) is 48.0 Å². The van der Waals surface area contributed by atoms with E-state index >= 15 is 0 Å². The maximum Gasteiger partial charge on any atom is 0.242 e. The molecule has 172 valence electrons. The first-order valence-corrected chi connectivity index (χ1v) is 11.4. The van der Waals surface area contributed by atoms with E-state index in [-0.39, 0.29) is 41.6 Å². The minimum absolute atomic E-state index is 0. The number of para-hydroxylation sites is 1. The third-order valence-electron chi connectivity index (χ3n) is 5.38. The predicted molar refractivity (Wildman–Crippen MR) is 137 cm³/mol. The van der Waals surface area contributed by atoms with Crippen molar-refractivity contribution < 1.29 is 14.6 Å². The highest BCUT2D eigenvalue weighted by Crippen LogP contribution is 2.44. The second-order valence-electron chi connectivity index (χ2n) is 8.30. The van der Waals surface area contributed by atoms with E-state index < -0.39 is 18.4 Å². The Morgan fingerprint density at radius 2 is 2.00 bits per heavy atom. The predicted octanol–water partition coefficient (Wildman–Crippen LogP) is 4.07. The van der Waals surface area contributed by atoms with E-state index in [9.17, 15) is 9.90 Å². The van der Waals surface area contributed by atoms with Crippen LogP contribution >= 0.6 is 35.7 Å². The molecule has 7 nitrogen and oxygen atoms in total. The highest BCUT2D eigenvalue weighted by molar-refractivity contribution is 14.0. The van der Waals surface area contributed by atoms with Crippen LogP contribution in [0.1, 0.15) is 32.3 Å². The van der Waals surface area contributed by atoms with Gasteiger partial charge in [-0.2, -0.15) is 0 Å². The molecule has 0 saturated carbocycles. The number of amidine groups is 1. The molecule has 0 aliphatic carbocycles. The molecule has 2 aromatic carbocycles. The average molecular weight is 568 g/mol. The first-order chi connectivity index (χ1) is 14.9. The number of aliphatic hydroxyl groups excluding tert-OH is 1. The van der Waals surface area contributed by atoms with Crippen LogP contribution in [-0.2, 0) is 9.53 Å². The van der Waals surface area contributed by atoms with Crippen molar-refractivity contribution >= 4 is 58.9 Å². The van der Waals surface area contributed by atoms with Gasteiger partial charge < -0.3 is 25.8 Å². The lowest BCUT2D eigenvalue weighted by Gasteiger charge is -2.25. The summed E-state index contributed by atoms with van der Waals surface area (Å²) in [6.45, 7) is 4.50. The van der Waals surface area contributed by atoms with Crippen LogP contribution in [0.5, 0.6) is 0 Å². The number of carbonyl (C=O) groups is 1. The first kappa shape index (κ1) is 24.8. The van der Waals surface area contributed by atoms with Gasteiger partial charge >= 0.3 is 0 Å². The molecular formula is C23H29IN4O3S. The van der Waals surface area contributed by atoms with Crippen LogP contribution in [-0.4, -0.2) is 41.8 Å². The normalized spacial score (nSPS) is 19.8. The minimum atomic E-state index is -0.977. The summed E-state index contributed by atoms with van der Waals surface area (Å²) in [5.74, 6) is 0.227. The third kappa shape index (κ3) is 5.75. The summed E-state index contributed by atoms with van der Waals surface area (Å²) in [5.41, 5.74) is 2.70. The van der Waals surface area contributed by atoms with Gasteiger partial charge in [0.15, 0.2) is 6.29 Å². The Morgan fingerprint density at radius 1 is 1.25 bits per heavy atom. The Balaban J connectivity index is 0.00000289. The first-order valence-electron chi connectivity index (χ1n) is 10.5. The second-order valence-corrected chi connectivity index (χ2v) is 9.38. The molecule has 2 aliphatic heterocycles. The molecule has 1 saturated heterocycles. The minimum Gasteiger partial charge on any atom is -0.366 e. The fourth-order valence-corrected chi connectivity index (χ4v) is 4.72. The highest BCUT2D eigenvalue weighted by Gasteiger charge is 2.31. The van der Waals surface area contributed by atoms with Gasteiger partial charge in [-0.3, -0.25) is 10.2 Å². The van der Waals surface area contributed by atoms with Crippen molar-refractivity contribution in [2.75, 3.05) is 11.9 Å². The summed E-state index contributed by atoms with van der Waals surface area (Å²) < 4.78 is 5.12. The molecule has 0 radical (unpaired) electrons. The standard InChI is InChI=1S/C23H28N4O3S.HI/c1-13(2)11-18(22(28)27-16-9-10-30-23(16)29)26-21(24)14-7-8-20-17(12-14)25-15-5-3-4-6-19(15)31-20;/h3-8,12-13,16,18,23,25,29H,9-11H2,1-2H3,(H2,24,26)(H,27,28);1H/t16-,18-,23?;/m0./s1. The Kier molecular flexibility index (Phi) is 8.43. The summed E-state index contributed by atoms with van der Waals surface area (Å²) in [5, 5.41) is 27.8. The van der Waals surface area contributed by atoms with Crippen LogP contribution in [0.15, 0.2) is 52.3 Å². The topological polar surface area (TPSA) is 106 Å². The van der Waals surface area contributed by atoms with E-state index in [2.05, 4.69) is 22.0 Å². The quantitative estimate of drug-likeness (QED) is 0.175. The van der Waals surface area contributed by atoms with Crippen molar-refractivity contribution in [1.29, 1.82) is 5.41 Å². The summed E-state index contributed by atoms with van der Waals surface area (Å²) in [4.78, 5) is 15.1. The maximum atomic E-state index is 12.9. The van der Waals surface area contributed by atoms with Gasteiger partial charge in [0.2, 0.25) is 5.91 Å². The molecule has 2 aromatic rings. The smallest absolute Gasteiger partial charge is 0.242 e. The SMILES string of the molecule is CC(C)C[C@H](NC(=N)c1ccc2c(c1)Nc1ccccc1S2)C(=O)N[C@H]1CCOC1O.I. The third-order valence-corrected chi connectivity index (χ3v) is 6.53. The number of fused-ring (bicyclic) bond motifs is 2. The Labute approximate surface area is 209 Å². The number of aliphatic hydroxyl groups is 1. The van der Waals surface area contributed by atoms with Gasteiger partial charge in [0, 0.05) is 15.4 Å². The lowest BCUT2D eigenvalue weighted by atomic mass is 10.0. The molecule has 32 heavy (non-hydrogen) atoms. The molecule has 1 fully saturated rings. The van der Waals surface area contributed by atoms with Crippen molar-refractivity contribution in [1.82, 2.24) is 10.6 Å². The van der Waals surface area contributed by atoms with Crippen molar-refractivity contribution in [3.8, 4) is 0 Å². The zero-order valence-electron chi connectivity index (χ0n) is 18.1. The van der Waals surface area contributed by atoms with Crippen LogP contribution in [0.3, 0.4) is 0 Å². The fourth-order valence-electron chi connectivity index (χ4n) is 3.76. The van der Waals surface area contributed by atoms with Gasteiger partial charge in [0.25, 0.3) is 0 Å². The maximum absolute atomic E-state index is 12.9. The molecule has 4 rings (SSSR count). The molecule has 0 spiro atoms. The lowest BCUT2D eigenvalue weighted by molar-refractivity contribution is -0.127. The number of halogens is 1. The molecule has 5 N–H and O–H groups in total. The van der Waals surface area contributed by atoms with Gasteiger partial charge in [-0.05, 0) is 43.0 Å². The van der Waals surface area contributed by atoms with Crippen molar-refractivity contribution in [2.45, 2.75) is 54.9 Å². The fraction of sp³-hybridized carbons (Fsp3) is 0.391. The Bertz CT molecular complexity index is 987. The van der Waals surface area contributed by atoms with E-state index in [1.165, 1.54) is 4.90 Å². The molecule has 3 atom stereocenters. The van der Waals surface area contributed by atoms with Gasteiger partial charge in [-0.1, -0.05) is 43.8 Å². The van der Waals surface area contributed by atoms with Crippen molar-refractivity contribution in [3.63, 3.8) is 0 Å². The van der Waals surface area contributed by atoms with Crippen molar-refractivity contribution in [2.24, 2.45) is 5.92 Å². The number of carbonyl (C=O) groups excluding carboxylic acids is 1. The number of hydrogen-bond donors (Lipinski definition) is 5. The van der Waals surface area contributed by atoms with E-state index in [1.54, 1.807) is 11.8 Å². The Hall–Kier alpha value is -1.82. The van der Waals surface area contributed by atoms with Gasteiger partial charge in [-0.15, -0.1) is 24.0 Å². The number of benzene rings is 2. The summed E-state index contributed by atoms with van der Waals surface area (Å²) in [7, 11) is 0. The lowest BCUT2D eigenvalue weighted by Crippen LogP contribution is -2.51. The van der Waals surface area contributed by atoms with Crippen LogP contribution in [0, 0.1) is 11.3 Å². The largest absolute Gasteiger partial charge is 0.366 e. The number of anilines is 2. The Morgan fingerprint density at radius 3 is 2.72 bits per heavy atom. The van der Waals surface area contributed by atoms with E-state index in [0.29, 0.717) is 25.0 Å². The summed E-state index contributed by atoms with van der Waals surface area (Å²) in [6.07, 6.45) is 0.175. The molecular weight excluding hydrogens is 539 g/mol.